The molecule has 0 aliphatic heterocycles. The minimum atomic E-state index is -0.459. The van der Waals surface area contributed by atoms with E-state index >= 15 is 0 Å². The summed E-state index contributed by atoms with van der Waals surface area (Å²) in [6.45, 7) is 3.72. The van der Waals surface area contributed by atoms with E-state index in [0.717, 1.165) is 11.1 Å². The van der Waals surface area contributed by atoms with E-state index < -0.39 is 4.92 Å². The Balaban J connectivity index is 1.96. The van der Waals surface area contributed by atoms with E-state index in [1.54, 1.807) is 19.1 Å². The van der Waals surface area contributed by atoms with Crippen LogP contribution in [0.2, 0.25) is 0 Å². The molecular formula is C17H17N3O3. The van der Waals surface area contributed by atoms with E-state index in [1.807, 2.05) is 31.2 Å². The van der Waals surface area contributed by atoms with Crippen LogP contribution < -0.4 is 5.43 Å². The van der Waals surface area contributed by atoms with Crippen molar-refractivity contribution >= 4 is 17.3 Å². The second-order valence-corrected chi connectivity index (χ2v) is 5.20. The van der Waals surface area contributed by atoms with Crippen LogP contribution in [0.3, 0.4) is 0 Å². The molecule has 2 rings (SSSR count). The van der Waals surface area contributed by atoms with Gasteiger partial charge in [0.15, 0.2) is 0 Å². The van der Waals surface area contributed by atoms with Crippen LogP contribution in [-0.4, -0.2) is 16.5 Å². The first-order valence-electron chi connectivity index (χ1n) is 7.09. The summed E-state index contributed by atoms with van der Waals surface area (Å²) in [5, 5.41) is 14.6. The summed E-state index contributed by atoms with van der Waals surface area (Å²) in [6.07, 6.45) is 0.247. The molecule has 6 heteroatoms. The maximum atomic E-state index is 11.9. The monoisotopic (exact) mass is 311 g/mol. The van der Waals surface area contributed by atoms with E-state index in [1.165, 1.54) is 12.1 Å². The van der Waals surface area contributed by atoms with Crippen molar-refractivity contribution < 1.29 is 9.72 Å². The van der Waals surface area contributed by atoms with E-state index in [9.17, 15) is 14.9 Å². The number of aryl methyl sites for hydroxylation is 1. The summed E-state index contributed by atoms with van der Waals surface area (Å²) in [5.41, 5.74) is 5.86. The maximum Gasteiger partial charge on any atom is 0.269 e. The van der Waals surface area contributed by atoms with Crippen LogP contribution in [0.1, 0.15) is 23.6 Å². The third-order valence-corrected chi connectivity index (χ3v) is 3.33. The Bertz CT molecular complexity index is 735. The van der Waals surface area contributed by atoms with Crippen molar-refractivity contribution in [1.29, 1.82) is 0 Å². The van der Waals surface area contributed by atoms with E-state index in [2.05, 4.69) is 10.5 Å². The Morgan fingerprint density at radius 2 is 1.74 bits per heavy atom. The molecule has 2 aromatic rings. The van der Waals surface area contributed by atoms with Gasteiger partial charge in [-0.15, -0.1) is 0 Å². The SMILES string of the molecule is CC(=NNC(=O)Cc1ccc(C)cc1)c1ccc([N+](=O)[O-])cc1. The lowest BCUT2D eigenvalue weighted by Gasteiger charge is -2.04. The molecule has 0 saturated heterocycles. The van der Waals surface area contributed by atoms with Crippen molar-refractivity contribution in [3.05, 3.63) is 75.3 Å². The van der Waals surface area contributed by atoms with Crippen molar-refractivity contribution in [2.24, 2.45) is 5.10 Å². The Kier molecular flexibility index (Phi) is 5.19. The van der Waals surface area contributed by atoms with Crippen LogP contribution in [0, 0.1) is 17.0 Å². The Hall–Kier alpha value is -3.02. The number of non-ortho nitro benzene ring substituents is 1. The molecule has 0 heterocycles. The number of benzene rings is 2. The van der Waals surface area contributed by atoms with Crippen LogP contribution in [0.5, 0.6) is 0 Å². The molecule has 0 unspecified atom stereocenters. The number of amides is 1. The van der Waals surface area contributed by atoms with Gasteiger partial charge in [-0.3, -0.25) is 14.9 Å². The Morgan fingerprint density at radius 3 is 2.30 bits per heavy atom. The third kappa shape index (κ3) is 4.74. The fourth-order valence-corrected chi connectivity index (χ4v) is 1.97. The molecule has 2 aromatic carbocycles. The second-order valence-electron chi connectivity index (χ2n) is 5.20. The number of nitro groups is 1. The molecule has 0 atom stereocenters. The minimum absolute atomic E-state index is 0.0185. The average molecular weight is 311 g/mol. The molecule has 1 N–H and O–H groups in total. The predicted octanol–water partition coefficient (Wildman–Crippen LogP) is 2.99. The van der Waals surface area contributed by atoms with E-state index in [-0.39, 0.29) is 18.0 Å². The highest BCUT2D eigenvalue weighted by Crippen LogP contribution is 2.12. The molecule has 0 fully saturated rings. The maximum absolute atomic E-state index is 11.9. The molecular weight excluding hydrogens is 294 g/mol. The van der Waals surface area contributed by atoms with Gasteiger partial charge in [0.1, 0.15) is 0 Å². The minimum Gasteiger partial charge on any atom is -0.273 e. The molecule has 0 aliphatic carbocycles. The summed E-state index contributed by atoms with van der Waals surface area (Å²) in [4.78, 5) is 22.0. The summed E-state index contributed by atoms with van der Waals surface area (Å²) in [6, 6.07) is 13.7. The number of nitro benzene ring substituents is 1. The number of hydrogen-bond donors (Lipinski definition) is 1. The summed E-state index contributed by atoms with van der Waals surface area (Å²) in [5.74, 6) is -0.213. The predicted molar refractivity (Wildman–Crippen MR) is 88.3 cm³/mol. The van der Waals surface area contributed by atoms with Gasteiger partial charge in [0.25, 0.3) is 5.69 Å². The van der Waals surface area contributed by atoms with E-state index in [0.29, 0.717) is 11.3 Å². The molecule has 0 bridgehead atoms. The van der Waals surface area contributed by atoms with Crippen LogP contribution in [0.4, 0.5) is 5.69 Å². The van der Waals surface area contributed by atoms with E-state index in [4.69, 9.17) is 0 Å². The molecule has 6 nitrogen and oxygen atoms in total. The number of nitrogens with zero attached hydrogens (tertiary/aromatic N) is 2. The molecule has 23 heavy (non-hydrogen) atoms. The molecule has 1 amide bonds. The quantitative estimate of drug-likeness (QED) is 0.523. The van der Waals surface area contributed by atoms with Gasteiger partial charge in [0, 0.05) is 12.1 Å². The van der Waals surface area contributed by atoms with Crippen molar-refractivity contribution in [3.8, 4) is 0 Å². The first kappa shape index (κ1) is 16.4. The normalized spacial score (nSPS) is 11.1. The fourth-order valence-electron chi connectivity index (χ4n) is 1.97. The highest BCUT2D eigenvalue weighted by molar-refractivity contribution is 5.99. The first-order chi connectivity index (χ1) is 11.0. The fraction of sp³-hybridized carbons (Fsp3) is 0.176. The van der Waals surface area contributed by atoms with Gasteiger partial charge in [0.05, 0.1) is 17.1 Å². The van der Waals surface area contributed by atoms with Crippen LogP contribution in [0.25, 0.3) is 0 Å². The second kappa shape index (κ2) is 7.31. The van der Waals surface area contributed by atoms with Gasteiger partial charge >= 0.3 is 0 Å². The first-order valence-corrected chi connectivity index (χ1v) is 7.09. The summed E-state index contributed by atoms with van der Waals surface area (Å²) < 4.78 is 0. The zero-order valence-corrected chi connectivity index (χ0v) is 12.9. The number of hydrazone groups is 1. The highest BCUT2D eigenvalue weighted by atomic mass is 16.6. The van der Waals surface area contributed by atoms with Gasteiger partial charge in [-0.2, -0.15) is 5.10 Å². The number of hydrogen-bond acceptors (Lipinski definition) is 4. The van der Waals surface area contributed by atoms with Gasteiger partial charge in [0.2, 0.25) is 5.91 Å². The van der Waals surface area contributed by atoms with Crippen molar-refractivity contribution in [2.45, 2.75) is 20.3 Å². The van der Waals surface area contributed by atoms with Crippen molar-refractivity contribution in [1.82, 2.24) is 5.43 Å². The largest absolute Gasteiger partial charge is 0.273 e. The van der Waals surface area contributed by atoms with Gasteiger partial charge in [-0.05, 0) is 37.1 Å². The van der Waals surface area contributed by atoms with Crippen LogP contribution in [-0.2, 0) is 11.2 Å². The average Bonchev–Trinajstić information content (AvgIpc) is 2.55. The third-order valence-electron chi connectivity index (χ3n) is 3.33. The highest BCUT2D eigenvalue weighted by Gasteiger charge is 2.06. The number of rotatable bonds is 5. The number of carbonyl (C=O) groups excluding carboxylic acids is 1. The topological polar surface area (TPSA) is 84.6 Å². The van der Waals surface area contributed by atoms with Crippen LogP contribution >= 0.6 is 0 Å². The molecule has 0 radical (unpaired) electrons. The number of carbonyl (C=O) groups is 1. The van der Waals surface area contributed by atoms with Crippen molar-refractivity contribution in [2.75, 3.05) is 0 Å². The van der Waals surface area contributed by atoms with Gasteiger partial charge in [-0.1, -0.05) is 29.8 Å². The van der Waals surface area contributed by atoms with Crippen molar-refractivity contribution in [3.63, 3.8) is 0 Å². The van der Waals surface area contributed by atoms with Gasteiger partial charge in [-0.25, -0.2) is 5.43 Å². The molecule has 0 aliphatic rings. The Labute approximate surface area is 134 Å². The molecule has 0 spiro atoms. The summed E-state index contributed by atoms with van der Waals surface area (Å²) >= 11 is 0. The lowest BCUT2D eigenvalue weighted by Crippen LogP contribution is -2.21. The van der Waals surface area contributed by atoms with Crippen LogP contribution in [0.15, 0.2) is 53.6 Å². The molecule has 118 valence electrons. The molecule has 0 saturated carbocycles. The molecule has 0 aromatic heterocycles. The Morgan fingerprint density at radius 1 is 1.13 bits per heavy atom. The standard InChI is InChI=1S/C17H17N3O3/c1-12-3-5-14(6-4-12)11-17(21)19-18-13(2)15-7-9-16(10-8-15)20(22)23/h3-10H,11H2,1-2H3,(H,19,21). The lowest BCUT2D eigenvalue weighted by molar-refractivity contribution is -0.384. The smallest absolute Gasteiger partial charge is 0.269 e. The number of nitrogens with one attached hydrogen (secondary N) is 1. The summed E-state index contributed by atoms with van der Waals surface area (Å²) in [7, 11) is 0. The van der Waals surface area contributed by atoms with Gasteiger partial charge < -0.3 is 0 Å². The zero-order valence-electron chi connectivity index (χ0n) is 12.9. The lowest BCUT2D eigenvalue weighted by atomic mass is 10.1. The zero-order chi connectivity index (χ0) is 16.8.